The third-order valence-corrected chi connectivity index (χ3v) is 5.09. The first kappa shape index (κ1) is 21.6. The smallest absolute Gasteiger partial charge is 0.0885 e. The molecule has 1 unspecified atom stereocenters. The fourth-order valence-corrected chi connectivity index (χ4v) is 3.65. The molecule has 3 heteroatoms. The third kappa shape index (κ3) is 5.66. The fraction of sp³-hybridized carbons (Fsp3) is 0.360. The van der Waals surface area contributed by atoms with Gasteiger partial charge in [-0.05, 0) is 68.1 Å². The van der Waals surface area contributed by atoms with Gasteiger partial charge in [-0.3, -0.25) is 9.98 Å². The lowest BCUT2D eigenvalue weighted by molar-refractivity contribution is 0.551. The van der Waals surface area contributed by atoms with E-state index in [2.05, 4.69) is 73.7 Å². The number of aryl methyl sites for hydroxylation is 1. The van der Waals surface area contributed by atoms with Gasteiger partial charge >= 0.3 is 0 Å². The monoisotopic (exact) mass is 375 g/mol. The van der Waals surface area contributed by atoms with Crippen LogP contribution in [-0.2, 0) is 0 Å². The van der Waals surface area contributed by atoms with Crippen LogP contribution in [0.4, 0.5) is 0 Å². The highest BCUT2D eigenvalue weighted by molar-refractivity contribution is 5.70. The molecule has 0 aliphatic carbocycles. The van der Waals surface area contributed by atoms with Gasteiger partial charge in [-0.25, -0.2) is 0 Å². The number of nitrogens with zero attached hydrogens (tertiary/aromatic N) is 3. The summed E-state index contributed by atoms with van der Waals surface area (Å²) in [5.74, 6) is 0.309. The van der Waals surface area contributed by atoms with Gasteiger partial charge in [0.05, 0.1) is 6.34 Å². The molecule has 3 nitrogen and oxygen atoms in total. The van der Waals surface area contributed by atoms with Crippen LogP contribution in [0.3, 0.4) is 0 Å². The highest BCUT2D eigenvalue weighted by atomic mass is 15.1. The lowest BCUT2D eigenvalue weighted by atomic mass is 9.84. The molecule has 0 bridgehead atoms. The number of benzene rings is 1. The predicted molar refractivity (Wildman–Crippen MR) is 122 cm³/mol. The second-order valence-corrected chi connectivity index (χ2v) is 7.02. The van der Waals surface area contributed by atoms with E-state index in [9.17, 15) is 0 Å². The van der Waals surface area contributed by atoms with Crippen LogP contribution in [0.2, 0.25) is 0 Å². The Morgan fingerprint density at radius 1 is 1.29 bits per heavy atom. The number of pyridine rings is 1. The second-order valence-electron chi connectivity index (χ2n) is 7.02. The van der Waals surface area contributed by atoms with Crippen LogP contribution in [-0.4, -0.2) is 29.8 Å². The van der Waals surface area contributed by atoms with Crippen LogP contribution in [0.15, 0.2) is 66.4 Å². The van der Waals surface area contributed by atoms with E-state index in [0.29, 0.717) is 5.92 Å². The van der Waals surface area contributed by atoms with Gasteiger partial charge in [-0.15, -0.1) is 0 Å². The summed E-state index contributed by atoms with van der Waals surface area (Å²) >= 11 is 0. The third-order valence-electron chi connectivity index (χ3n) is 5.09. The molecule has 1 aromatic carbocycles. The van der Waals surface area contributed by atoms with Crippen LogP contribution < -0.4 is 0 Å². The van der Waals surface area contributed by atoms with Gasteiger partial charge in [0, 0.05) is 31.4 Å². The van der Waals surface area contributed by atoms with Gasteiger partial charge < -0.3 is 4.90 Å². The minimum absolute atomic E-state index is 0.309. The predicted octanol–water partition coefficient (Wildman–Crippen LogP) is 6.22. The second kappa shape index (κ2) is 11.2. The largest absolute Gasteiger partial charge is 0.340 e. The highest BCUT2D eigenvalue weighted by Gasteiger charge is 2.18. The lowest BCUT2D eigenvalue weighted by Crippen LogP contribution is -2.16. The van der Waals surface area contributed by atoms with Crippen molar-refractivity contribution in [3.05, 3.63) is 83.8 Å². The topological polar surface area (TPSA) is 28.5 Å². The summed E-state index contributed by atoms with van der Waals surface area (Å²) in [5, 5.41) is 0. The van der Waals surface area contributed by atoms with E-state index in [0.717, 1.165) is 31.5 Å². The van der Waals surface area contributed by atoms with Crippen molar-refractivity contribution in [3.8, 4) is 0 Å². The number of hydrogen-bond donors (Lipinski definition) is 0. The van der Waals surface area contributed by atoms with Crippen molar-refractivity contribution in [2.24, 2.45) is 4.99 Å². The number of rotatable bonds is 10. The number of allylic oxidation sites excluding steroid dienone is 2. The maximum absolute atomic E-state index is 4.64. The Bertz CT molecular complexity index is 806. The SMILES string of the molecule is C=CN(C=NC)CCC/C(=C/C)c1cc(C)ccc1C(CC)c1ccccn1. The van der Waals surface area contributed by atoms with Crippen molar-refractivity contribution >= 4 is 11.9 Å². The lowest BCUT2D eigenvalue weighted by Gasteiger charge is -2.22. The highest BCUT2D eigenvalue weighted by Crippen LogP contribution is 2.34. The van der Waals surface area contributed by atoms with Crippen molar-refractivity contribution in [2.45, 2.75) is 46.0 Å². The quantitative estimate of drug-likeness (QED) is 0.364. The Kier molecular flexibility index (Phi) is 8.67. The Labute approximate surface area is 170 Å². The summed E-state index contributed by atoms with van der Waals surface area (Å²) in [5.41, 5.74) is 6.55. The summed E-state index contributed by atoms with van der Waals surface area (Å²) < 4.78 is 0. The van der Waals surface area contributed by atoms with Crippen molar-refractivity contribution < 1.29 is 0 Å². The Hall–Kier alpha value is -2.68. The molecule has 0 spiro atoms. The molecule has 0 aliphatic rings. The van der Waals surface area contributed by atoms with E-state index in [4.69, 9.17) is 0 Å². The molecular weight excluding hydrogens is 342 g/mol. The number of hydrogen-bond acceptors (Lipinski definition) is 2. The zero-order valence-electron chi connectivity index (χ0n) is 17.7. The summed E-state index contributed by atoms with van der Waals surface area (Å²) in [6.45, 7) is 11.3. The summed E-state index contributed by atoms with van der Waals surface area (Å²) in [7, 11) is 1.79. The average Bonchev–Trinajstić information content (AvgIpc) is 2.73. The van der Waals surface area contributed by atoms with Crippen LogP contribution in [0.25, 0.3) is 5.57 Å². The molecule has 0 saturated heterocycles. The molecule has 148 valence electrons. The molecule has 1 aromatic heterocycles. The first-order chi connectivity index (χ1) is 13.6. The number of aromatic nitrogens is 1. The molecular formula is C25H33N3. The Morgan fingerprint density at radius 3 is 2.71 bits per heavy atom. The molecule has 28 heavy (non-hydrogen) atoms. The zero-order chi connectivity index (χ0) is 20.4. The van der Waals surface area contributed by atoms with Crippen molar-refractivity contribution in [1.29, 1.82) is 0 Å². The zero-order valence-corrected chi connectivity index (χ0v) is 17.7. The van der Waals surface area contributed by atoms with E-state index >= 15 is 0 Å². The first-order valence-electron chi connectivity index (χ1n) is 10.1. The maximum atomic E-state index is 4.64. The fourth-order valence-electron chi connectivity index (χ4n) is 3.65. The minimum Gasteiger partial charge on any atom is -0.340 e. The van der Waals surface area contributed by atoms with Gasteiger partial charge in [0.15, 0.2) is 0 Å². The molecule has 0 fully saturated rings. The average molecular weight is 376 g/mol. The molecule has 2 rings (SSSR count). The van der Waals surface area contributed by atoms with E-state index < -0.39 is 0 Å². The van der Waals surface area contributed by atoms with Gasteiger partial charge in [0.2, 0.25) is 0 Å². The molecule has 0 radical (unpaired) electrons. The van der Waals surface area contributed by atoms with Crippen molar-refractivity contribution in [3.63, 3.8) is 0 Å². The van der Waals surface area contributed by atoms with Gasteiger partial charge in [-0.2, -0.15) is 0 Å². The molecule has 2 aromatic rings. The van der Waals surface area contributed by atoms with E-state index in [1.165, 1.54) is 22.3 Å². The Balaban J connectivity index is 2.30. The van der Waals surface area contributed by atoms with E-state index in [1.54, 1.807) is 7.05 Å². The first-order valence-corrected chi connectivity index (χ1v) is 10.1. The summed E-state index contributed by atoms with van der Waals surface area (Å²) in [6.07, 6.45) is 10.9. The van der Waals surface area contributed by atoms with Gasteiger partial charge in [0.1, 0.15) is 0 Å². The normalized spacial score (nSPS) is 12.9. The van der Waals surface area contributed by atoms with Crippen LogP contribution in [0.1, 0.15) is 61.4 Å². The van der Waals surface area contributed by atoms with Crippen molar-refractivity contribution in [2.75, 3.05) is 13.6 Å². The Morgan fingerprint density at radius 2 is 2.11 bits per heavy atom. The minimum atomic E-state index is 0.309. The molecule has 1 heterocycles. The molecule has 0 aliphatic heterocycles. The summed E-state index contributed by atoms with van der Waals surface area (Å²) in [6, 6.07) is 13.0. The van der Waals surface area contributed by atoms with Gasteiger partial charge in [-0.1, -0.05) is 49.4 Å². The standard InChI is InChI=1S/C25H33N3/c1-6-21(12-11-17-28(8-3)19-26-5)24-18-20(4)14-15-23(24)22(7-2)25-13-9-10-16-27-25/h6,8-10,13-16,18-19,22H,3,7,11-12,17H2,1-2,4-5H3/b21-6-,26-19?. The molecule has 1 atom stereocenters. The van der Waals surface area contributed by atoms with Gasteiger partial charge in [0.25, 0.3) is 0 Å². The maximum Gasteiger partial charge on any atom is 0.0885 e. The number of aliphatic imine (C=N–C) groups is 1. The summed E-state index contributed by atoms with van der Waals surface area (Å²) in [4.78, 5) is 10.8. The van der Waals surface area contributed by atoms with Crippen LogP contribution in [0.5, 0.6) is 0 Å². The molecule has 0 N–H and O–H groups in total. The van der Waals surface area contributed by atoms with Crippen LogP contribution in [0, 0.1) is 6.92 Å². The van der Waals surface area contributed by atoms with E-state index in [1.807, 2.05) is 29.7 Å². The molecule has 0 amide bonds. The molecule has 0 saturated carbocycles. The van der Waals surface area contributed by atoms with E-state index in [-0.39, 0.29) is 0 Å². The van der Waals surface area contributed by atoms with Crippen LogP contribution >= 0.6 is 0 Å². The van der Waals surface area contributed by atoms with Crippen molar-refractivity contribution in [1.82, 2.24) is 9.88 Å².